The molecule has 0 aliphatic carbocycles. The number of ether oxygens (including phenoxy) is 3. The highest BCUT2D eigenvalue weighted by atomic mass is 35.5. The van der Waals surface area contributed by atoms with Crippen molar-refractivity contribution >= 4 is 29.1 Å². The number of carbonyl (C=O) groups is 1. The minimum absolute atomic E-state index is 0.232. The fraction of sp³-hybridized carbons (Fsp3) is 0.360. The van der Waals surface area contributed by atoms with E-state index in [9.17, 15) is 4.79 Å². The summed E-state index contributed by atoms with van der Waals surface area (Å²) in [6.07, 6.45) is 0.839. The second kappa shape index (κ2) is 11.8. The number of carbonyl (C=O) groups excluding carboxylic acids is 1. The highest BCUT2D eigenvalue weighted by Gasteiger charge is 2.20. The molecule has 0 unspecified atom stereocenters. The normalized spacial score (nSPS) is 14.1. The van der Waals surface area contributed by atoms with Crippen LogP contribution in [0.1, 0.15) is 16.9 Å². The Hall–Kier alpha value is -2.78. The molecule has 0 radical (unpaired) electrons. The second-order valence-corrected chi connectivity index (χ2v) is 8.87. The van der Waals surface area contributed by atoms with Crippen LogP contribution in [-0.4, -0.2) is 74.2 Å². The van der Waals surface area contributed by atoms with Gasteiger partial charge in [0, 0.05) is 31.3 Å². The lowest BCUT2D eigenvalue weighted by molar-refractivity contribution is 0.0374. The van der Waals surface area contributed by atoms with Crippen molar-refractivity contribution in [3.63, 3.8) is 0 Å². The summed E-state index contributed by atoms with van der Waals surface area (Å²) < 4.78 is 17.8. The Morgan fingerprint density at radius 3 is 2.57 bits per heavy atom. The van der Waals surface area contributed by atoms with E-state index in [2.05, 4.69) is 10.2 Å². The lowest BCUT2D eigenvalue weighted by Gasteiger charge is -2.26. The first kappa shape index (κ1) is 25.3. The number of aromatic nitrogens is 2. The van der Waals surface area contributed by atoms with Gasteiger partial charge in [-0.25, -0.2) is 4.68 Å². The van der Waals surface area contributed by atoms with Crippen molar-refractivity contribution in [3.8, 4) is 28.4 Å². The van der Waals surface area contributed by atoms with Gasteiger partial charge in [0.1, 0.15) is 17.2 Å². The zero-order valence-electron chi connectivity index (χ0n) is 19.7. The van der Waals surface area contributed by atoms with Crippen LogP contribution >= 0.6 is 23.2 Å². The van der Waals surface area contributed by atoms with Crippen molar-refractivity contribution in [2.45, 2.75) is 6.42 Å². The van der Waals surface area contributed by atoms with E-state index in [0.717, 1.165) is 44.8 Å². The molecule has 1 aliphatic rings. The summed E-state index contributed by atoms with van der Waals surface area (Å²) in [5.41, 5.74) is 2.31. The fourth-order valence-electron chi connectivity index (χ4n) is 3.92. The predicted octanol–water partition coefficient (Wildman–Crippen LogP) is 4.32. The summed E-state index contributed by atoms with van der Waals surface area (Å²) in [6.45, 7) is 4.81. The van der Waals surface area contributed by atoms with Crippen LogP contribution in [0.25, 0.3) is 16.9 Å². The lowest BCUT2D eigenvalue weighted by Crippen LogP contribution is -2.38. The second-order valence-electron chi connectivity index (χ2n) is 8.05. The molecule has 8 nitrogen and oxygen atoms in total. The Balaban J connectivity index is 1.60. The molecule has 4 rings (SSSR count). The maximum Gasteiger partial charge on any atom is 0.270 e. The van der Waals surface area contributed by atoms with E-state index < -0.39 is 0 Å². The van der Waals surface area contributed by atoms with Gasteiger partial charge in [0.05, 0.1) is 48.9 Å². The highest BCUT2D eigenvalue weighted by Crippen LogP contribution is 2.34. The smallest absolute Gasteiger partial charge is 0.270 e. The molecule has 2 aromatic carbocycles. The first-order chi connectivity index (χ1) is 17.0. The molecule has 1 fully saturated rings. The van der Waals surface area contributed by atoms with Crippen molar-refractivity contribution in [3.05, 3.63) is 58.2 Å². The van der Waals surface area contributed by atoms with Crippen LogP contribution < -0.4 is 14.8 Å². The van der Waals surface area contributed by atoms with E-state index in [1.165, 1.54) is 0 Å². The Kier molecular flexibility index (Phi) is 8.51. The zero-order valence-corrected chi connectivity index (χ0v) is 21.2. The van der Waals surface area contributed by atoms with E-state index in [0.29, 0.717) is 45.2 Å². The number of morpholine rings is 1. The third-order valence-corrected chi connectivity index (χ3v) is 6.55. The van der Waals surface area contributed by atoms with Crippen LogP contribution in [0.3, 0.4) is 0 Å². The van der Waals surface area contributed by atoms with Gasteiger partial charge in [-0.2, -0.15) is 5.10 Å². The maximum absolute atomic E-state index is 13.2. The molecule has 3 aromatic rings. The summed E-state index contributed by atoms with van der Waals surface area (Å²) in [5, 5.41) is 8.54. The third-order valence-electron chi connectivity index (χ3n) is 5.81. The highest BCUT2D eigenvalue weighted by molar-refractivity contribution is 6.42. The van der Waals surface area contributed by atoms with Crippen LogP contribution in [0.5, 0.6) is 11.5 Å². The van der Waals surface area contributed by atoms with Gasteiger partial charge in [-0.1, -0.05) is 23.2 Å². The molecular weight excluding hydrogens is 491 g/mol. The summed E-state index contributed by atoms with van der Waals surface area (Å²) in [4.78, 5) is 15.6. The van der Waals surface area contributed by atoms with E-state index in [-0.39, 0.29) is 5.91 Å². The van der Waals surface area contributed by atoms with E-state index in [4.69, 9.17) is 42.5 Å². The van der Waals surface area contributed by atoms with Crippen LogP contribution in [0, 0.1) is 0 Å². The molecule has 0 saturated carbocycles. The van der Waals surface area contributed by atoms with Gasteiger partial charge in [-0.05, 0) is 49.4 Å². The molecule has 1 aliphatic heterocycles. The van der Waals surface area contributed by atoms with Crippen molar-refractivity contribution in [2.75, 3.05) is 53.6 Å². The zero-order chi connectivity index (χ0) is 24.8. The number of methoxy groups -OCH3 is 2. The van der Waals surface area contributed by atoms with Crippen LogP contribution in [0.15, 0.2) is 42.5 Å². The minimum Gasteiger partial charge on any atom is -0.497 e. The van der Waals surface area contributed by atoms with E-state index >= 15 is 0 Å². The first-order valence-electron chi connectivity index (χ1n) is 11.4. The molecule has 1 saturated heterocycles. The molecule has 186 valence electrons. The quantitative estimate of drug-likeness (QED) is 0.425. The van der Waals surface area contributed by atoms with Gasteiger partial charge in [-0.15, -0.1) is 0 Å². The summed E-state index contributed by atoms with van der Waals surface area (Å²) in [5.74, 6) is 1.01. The predicted molar refractivity (Wildman–Crippen MR) is 136 cm³/mol. The monoisotopic (exact) mass is 518 g/mol. The van der Waals surface area contributed by atoms with Crippen LogP contribution in [0.2, 0.25) is 10.0 Å². The number of halogens is 2. The van der Waals surface area contributed by atoms with Crippen LogP contribution in [0.4, 0.5) is 0 Å². The average molecular weight is 519 g/mol. The lowest BCUT2D eigenvalue weighted by atomic mass is 10.1. The Bertz CT molecular complexity index is 1180. The summed E-state index contributed by atoms with van der Waals surface area (Å²) >= 11 is 12.4. The Labute approximate surface area is 214 Å². The van der Waals surface area contributed by atoms with Gasteiger partial charge in [0.2, 0.25) is 0 Å². The topological polar surface area (TPSA) is 77.9 Å². The Morgan fingerprint density at radius 1 is 1.06 bits per heavy atom. The molecule has 1 aromatic heterocycles. The molecular formula is C25H28Cl2N4O4. The molecule has 35 heavy (non-hydrogen) atoms. The van der Waals surface area contributed by atoms with Crippen molar-refractivity contribution < 1.29 is 19.0 Å². The van der Waals surface area contributed by atoms with Gasteiger partial charge >= 0.3 is 0 Å². The van der Waals surface area contributed by atoms with Crippen molar-refractivity contribution in [1.29, 1.82) is 0 Å². The number of nitrogens with one attached hydrogen (secondary N) is 1. The van der Waals surface area contributed by atoms with Gasteiger partial charge < -0.3 is 19.5 Å². The van der Waals surface area contributed by atoms with Gasteiger partial charge in [0.15, 0.2) is 0 Å². The van der Waals surface area contributed by atoms with E-state index in [1.54, 1.807) is 49.2 Å². The fourth-order valence-corrected chi connectivity index (χ4v) is 4.21. The number of benzene rings is 2. The SMILES string of the molecule is COc1ccc(-c2cc(C(=O)NCCCN3CCOCC3)n(-c3ccc(Cl)c(Cl)c3)n2)c(OC)c1. The van der Waals surface area contributed by atoms with Crippen LogP contribution in [-0.2, 0) is 4.74 Å². The average Bonchev–Trinajstić information content (AvgIpc) is 3.33. The number of rotatable bonds is 9. The molecule has 0 spiro atoms. The number of hydrogen-bond acceptors (Lipinski definition) is 6. The van der Waals surface area contributed by atoms with Gasteiger partial charge in [-0.3, -0.25) is 9.69 Å². The third kappa shape index (κ3) is 6.08. The molecule has 10 heteroatoms. The van der Waals surface area contributed by atoms with Crippen molar-refractivity contribution in [1.82, 2.24) is 20.0 Å². The molecule has 1 N–H and O–H groups in total. The summed E-state index contributed by atoms with van der Waals surface area (Å²) in [7, 11) is 3.17. The summed E-state index contributed by atoms with van der Waals surface area (Å²) in [6, 6.07) is 12.3. The standard InChI is InChI=1S/C25H28Cl2N4O4/c1-33-18-5-6-19(24(15-18)34-2)22-16-23(31(29-22)17-4-7-20(26)21(27)14-17)25(32)28-8-3-9-30-10-12-35-13-11-30/h4-7,14-16H,3,8-13H2,1-2H3,(H,28,32). The number of amides is 1. The minimum atomic E-state index is -0.232. The van der Waals surface area contributed by atoms with Gasteiger partial charge in [0.25, 0.3) is 5.91 Å². The number of nitrogens with zero attached hydrogens (tertiary/aromatic N) is 3. The molecule has 1 amide bonds. The number of hydrogen-bond donors (Lipinski definition) is 1. The van der Waals surface area contributed by atoms with Crippen molar-refractivity contribution in [2.24, 2.45) is 0 Å². The van der Waals surface area contributed by atoms with E-state index in [1.807, 2.05) is 12.1 Å². The molecule has 0 atom stereocenters. The largest absolute Gasteiger partial charge is 0.497 e. The molecule has 0 bridgehead atoms. The molecule has 2 heterocycles. The maximum atomic E-state index is 13.2. The Morgan fingerprint density at radius 2 is 1.86 bits per heavy atom. The first-order valence-corrected chi connectivity index (χ1v) is 12.1.